The lowest BCUT2D eigenvalue weighted by atomic mass is 10.0. The largest absolute Gasteiger partial charge is 0.492 e. The third kappa shape index (κ3) is 4.77. The highest BCUT2D eigenvalue weighted by Gasteiger charge is 2.14. The Hall–Kier alpha value is -1.98. The summed E-state index contributed by atoms with van der Waals surface area (Å²) in [6.45, 7) is 6.62. The molecule has 3 rings (SSSR count). The van der Waals surface area contributed by atoms with E-state index in [0.29, 0.717) is 12.4 Å². The van der Waals surface area contributed by atoms with Crippen LogP contribution in [0.5, 0.6) is 5.75 Å². The second-order valence-corrected chi connectivity index (χ2v) is 6.29. The van der Waals surface area contributed by atoms with E-state index in [1.807, 2.05) is 25.1 Å². The van der Waals surface area contributed by atoms with Crippen LogP contribution in [0.4, 0.5) is 8.78 Å². The van der Waals surface area contributed by atoms with Crippen molar-refractivity contribution in [1.82, 2.24) is 4.90 Å². The van der Waals surface area contributed by atoms with E-state index in [1.54, 1.807) is 0 Å². The van der Waals surface area contributed by atoms with Crippen molar-refractivity contribution in [2.24, 2.45) is 0 Å². The molecule has 1 heterocycles. The van der Waals surface area contributed by atoms with Crippen LogP contribution < -0.4 is 4.74 Å². The Kier molecular flexibility index (Phi) is 6.00. The lowest BCUT2D eigenvalue weighted by molar-refractivity contribution is 0.0322. The topological polar surface area (TPSA) is 21.7 Å². The van der Waals surface area contributed by atoms with Gasteiger partial charge in [-0.3, -0.25) is 4.90 Å². The van der Waals surface area contributed by atoms with E-state index < -0.39 is 11.6 Å². The molecule has 1 saturated heterocycles. The zero-order valence-corrected chi connectivity index (χ0v) is 14.4. The van der Waals surface area contributed by atoms with Gasteiger partial charge < -0.3 is 9.47 Å². The van der Waals surface area contributed by atoms with Crippen molar-refractivity contribution in [2.75, 3.05) is 39.5 Å². The van der Waals surface area contributed by atoms with Crippen molar-refractivity contribution in [2.45, 2.75) is 13.3 Å². The van der Waals surface area contributed by atoms with Crippen molar-refractivity contribution in [3.05, 3.63) is 64.7 Å². The fraction of sp³-hybridized carbons (Fsp3) is 0.400. The molecule has 0 bridgehead atoms. The minimum Gasteiger partial charge on any atom is -0.492 e. The monoisotopic (exact) mass is 347 g/mol. The molecular weight excluding hydrogens is 324 g/mol. The van der Waals surface area contributed by atoms with Gasteiger partial charge in [0.25, 0.3) is 0 Å². The SMILES string of the molecule is Cc1ccc(OCCN2CCOCC2)c(Cc2c(F)cccc2F)c1. The van der Waals surface area contributed by atoms with Crippen LogP contribution in [-0.4, -0.2) is 44.4 Å². The molecule has 25 heavy (non-hydrogen) atoms. The van der Waals surface area contributed by atoms with Crippen molar-refractivity contribution >= 4 is 0 Å². The molecule has 3 nitrogen and oxygen atoms in total. The summed E-state index contributed by atoms with van der Waals surface area (Å²) in [5.74, 6) is -0.372. The van der Waals surface area contributed by atoms with E-state index in [9.17, 15) is 8.78 Å². The Morgan fingerprint density at radius 3 is 2.52 bits per heavy atom. The highest BCUT2D eigenvalue weighted by atomic mass is 19.1. The molecule has 5 heteroatoms. The number of morpholine rings is 1. The van der Waals surface area contributed by atoms with Crippen LogP contribution >= 0.6 is 0 Å². The fourth-order valence-corrected chi connectivity index (χ4v) is 2.99. The maximum absolute atomic E-state index is 14.0. The summed E-state index contributed by atoms with van der Waals surface area (Å²) in [6, 6.07) is 9.70. The molecule has 0 saturated carbocycles. The summed E-state index contributed by atoms with van der Waals surface area (Å²) in [7, 11) is 0. The molecule has 1 aliphatic heterocycles. The van der Waals surface area contributed by atoms with Crippen LogP contribution in [0, 0.1) is 18.6 Å². The third-order valence-corrected chi connectivity index (χ3v) is 4.41. The number of aryl methyl sites for hydroxylation is 1. The average Bonchev–Trinajstić information content (AvgIpc) is 2.61. The lowest BCUT2D eigenvalue weighted by Gasteiger charge is -2.26. The number of hydrogen-bond donors (Lipinski definition) is 0. The molecule has 2 aromatic rings. The van der Waals surface area contributed by atoms with Gasteiger partial charge in [0.1, 0.15) is 24.0 Å². The van der Waals surface area contributed by atoms with Crippen LogP contribution in [0.3, 0.4) is 0 Å². The van der Waals surface area contributed by atoms with E-state index >= 15 is 0 Å². The van der Waals surface area contributed by atoms with Crippen LogP contribution in [0.25, 0.3) is 0 Å². The number of halogens is 2. The number of ether oxygens (including phenoxy) is 2. The first-order chi connectivity index (χ1) is 12.1. The number of rotatable bonds is 6. The Morgan fingerprint density at radius 2 is 1.80 bits per heavy atom. The second-order valence-electron chi connectivity index (χ2n) is 6.29. The molecule has 0 atom stereocenters. The Balaban J connectivity index is 1.69. The van der Waals surface area contributed by atoms with Gasteiger partial charge in [0.2, 0.25) is 0 Å². The standard InChI is InChI=1S/C20H23F2NO2/c1-15-5-6-20(25-12-9-23-7-10-24-11-8-23)16(13-15)14-17-18(21)3-2-4-19(17)22/h2-6,13H,7-12,14H2,1H3. The van der Waals surface area contributed by atoms with E-state index in [2.05, 4.69) is 4.90 Å². The number of nitrogens with zero attached hydrogens (tertiary/aromatic N) is 1. The number of benzene rings is 2. The van der Waals surface area contributed by atoms with Crippen LogP contribution in [-0.2, 0) is 11.2 Å². The second kappa shape index (κ2) is 8.41. The molecule has 0 N–H and O–H groups in total. The predicted molar refractivity (Wildman–Crippen MR) is 93.1 cm³/mol. The molecule has 0 unspecified atom stereocenters. The Labute approximate surface area is 147 Å². The van der Waals surface area contributed by atoms with Gasteiger partial charge in [-0.1, -0.05) is 23.8 Å². The molecule has 2 aromatic carbocycles. The van der Waals surface area contributed by atoms with Gasteiger partial charge in [0.15, 0.2) is 0 Å². The molecular formula is C20H23F2NO2. The first-order valence-corrected chi connectivity index (χ1v) is 8.59. The predicted octanol–water partition coefficient (Wildman–Crippen LogP) is 3.58. The summed E-state index contributed by atoms with van der Waals surface area (Å²) in [4.78, 5) is 2.29. The summed E-state index contributed by atoms with van der Waals surface area (Å²) in [5.41, 5.74) is 1.91. The van der Waals surface area contributed by atoms with Gasteiger partial charge in [-0.15, -0.1) is 0 Å². The van der Waals surface area contributed by atoms with Gasteiger partial charge in [0.05, 0.1) is 13.2 Å². The van der Waals surface area contributed by atoms with Crippen molar-refractivity contribution in [3.63, 3.8) is 0 Å². The summed E-state index contributed by atoms with van der Waals surface area (Å²) < 4.78 is 39.2. The summed E-state index contributed by atoms with van der Waals surface area (Å²) in [6.07, 6.45) is 0.174. The minimum atomic E-state index is -0.527. The highest BCUT2D eigenvalue weighted by molar-refractivity contribution is 5.40. The third-order valence-electron chi connectivity index (χ3n) is 4.41. The Morgan fingerprint density at radius 1 is 1.08 bits per heavy atom. The molecule has 0 amide bonds. The zero-order valence-electron chi connectivity index (χ0n) is 14.4. The van der Waals surface area contributed by atoms with Crippen LogP contribution in [0.15, 0.2) is 36.4 Å². The van der Waals surface area contributed by atoms with Gasteiger partial charge >= 0.3 is 0 Å². The molecule has 1 aliphatic rings. The molecule has 0 aromatic heterocycles. The smallest absolute Gasteiger partial charge is 0.129 e. The maximum Gasteiger partial charge on any atom is 0.129 e. The van der Waals surface area contributed by atoms with Gasteiger partial charge in [-0.2, -0.15) is 0 Å². The molecule has 0 spiro atoms. The van der Waals surface area contributed by atoms with E-state index in [1.165, 1.54) is 18.2 Å². The van der Waals surface area contributed by atoms with E-state index in [4.69, 9.17) is 9.47 Å². The maximum atomic E-state index is 14.0. The van der Waals surface area contributed by atoms with Gasteiger partial charge in [-0.05, 0) is 30.7 Å². The van der Waals surface area contributed by atoms with Gasteiger partial charge in [0, 0.05) is 31.6 Å². The van der Waals surface area contributed by atoms with E-state index in [0.717, 1.165) is 44.0 Å². The summed E-state index contributed by atoms with van der Waals surface area (Å²) in [5, 5.41) is 0. The molecule has 0 radical (unpaired) electrons. The summed E-state index contributed by atoms with van der Waals surface area (Å²) >= 11 is 0. The number of hydrogen-bond acceptors (Lipinski definition) is 3. The quantitative estimate of drug-likeness (QED) is 0.797. The molecule has 1 fully saturated rings. The van der Waals surface area contributed by atoms with Crippen molar-refractivity contribution in [1.29, 1.82) is 0 Å². The first-order valence-electron chi connectivity index (χ1n) is 8.59. The Bertz CT molecular complexity index is 695. The molecule has 134 valence electrons. The van der Waals surface area contributed by atoms with Crippen LogP contribution in [0.2, 0.25) is 0 Å². The first kappa shape index (κ1) is 17.8. The molecule has 0 aliphatic carbocycles. The van der Waals surface area contributed by atoms with E-state index in [-0.39, 0.29) is 12.0 Å². The zero-order chi connectivity index (χ0) is 17.6. The average molecular weight is 347 g/mol. The lowest BCUT2D eigenvalue weighted by Crippen LogP contribution is -2.38. The van der Waals surface area contributed by atoms with Crippen molar-refractivity contribution < 1.29 is 18.3 Å². The van der Waals surface area contributed by atoms with Crippen LogP contribution in [0.1, 0.15) is 16.7 Å². The normalized spacial score (nSPS) is 15.3. The van der Waals surface area contributed by atoms with Gasteiger partial charge in [-0.25, -0.2) is 8.78 Å². The van der Waals surface area contributed by atoms with Crippen molar-refractivity contribution in [3.8, 4) is 5.75 Å². The fourth-order valence-electron chi connectivity index (χ4n) is 2.99. The highest BCUT2D eigenvalue weighted by Crippen LogP contribution is 2.25. The minimum absolute atomic E-state index is 0.0751.